The predicted octanol–water partition coefficient (Wildman–Crippen LogP) is -0.563. The molecule has 0 aromatic carbocycles. The summed E-state index contributed by atoms with van der Waals surface area (Å²) < 4.78 is 10.4. The second-order valence-electron chi connectivity index (χ2n) is 3.68. The molecule has 0 bridgehead atoms. The minimum Gasteiger partial charge on any atom is -0.512 e. The van der Waals surface area contributed by atoms with Gasteiger partial charge in [-0.05, 0) is 0 Å². The number of aliphatic hydroxyl groups is 1. The van der Waals surface area contributed by atoms with E-state index in [1.165, 1.54) is 4.90 Å². The summed E-state index contributed by atoms with van der Waals surface area (Å²) in [6.45, 7) is 5.93. The molecule has 0 saturated heterocycles. The predicted molar refractivity (Wildman–Crippen MR) is 66.5 cm³/mol. The number of hydrogen-bond donors (Lipinski definition) is 3. The Balaban J connectivity index is 3.62. The van der Waals surface area contributed by atoms with Crippen LogP contribution in [0, 0.1) is 0 Å². The van der Waals surface area contributed by atoms with Crippen LogP contribution in [0.3, 0.4) is 0 Å². The lowest BCUT2D eigenvalue weighted by Gasteiger charge is -2.19. The zero-order valence-electron chi connectivity index (χ0n) is 10.5. The molecule has 0 fully saturated rings. The van der Waals surface area contributed by atoms with E-state index in [4.69, 9.17) is 25.4 Å². The van der Waals surface area contributed by atoms with Crippen LogP contribution in [0.25, 0.3) is 0 Å². The molecule has 0 aromatic rings. The minimum absolute atomic E-state index is 0.0671. The molecule has 0 aliphatic rings. The monoisotopic (exact) mass is 262 g/mol. The molecule has 0 aromatic heterocycles. The molecule has 4 N–H and O–H groups in total. The first-order valence-corrected chi connectivity index (χ1v) is 5.72. The lowest BCUT2D eigenvalue weighted by Crippen LogP contribution is -2.34. The number of nitrogens with zero attached hydrogens (tertiary/aromatic N) is 1. The Morgan fingerprint density at radius 1 is 1.11 bits per heavy atom. The maximum absolute atomic E-state index is 10.6. The van der Waals surface area contributed by atoms with Crippen LogP contribution in [0.1, 0.15) is 0 Å². The average molecular weight is 262 g/mol. The Bertz CT molecular complexity index is 232. The smallest absolute Gasteiger partial charge is 0.317 e. The van der Waals surface area contributed by atoms with Gasteiger partial charge in [0, 0.05) is 13.1 Å². The molecule has 106 valence electrons. The summed E-state index contributed by atoms with van der Waals surface area (Å²) >= 11 is 0. The third-order valence-electron chi connectivity index (χ3n) is 1.95. The Morgan fingerprint density at radius 2 is 1.72 bits per heavy atom. The third-order valence-corrected chi connectivity index (χ3v) is 1.95. The van der Waals surface area contributed by atoms with Crippen molar-refractivity contribution >= 4 is 5.97 Å². The van der Waals surface area contributed by atoms with Gasteiger partial charge < -0.3 is 25.4 Å². The molecule has 0 unspecified atom stereocenters. The van der Waals surface area contributed by atoms with Crippen molar-refractivity contribution in [3.63, 3.8) is 0 Å². The maximum Gasteiger partial charge on any atom is 0.317 e. The largest absolute Gasteiger partial charge is 0.512 e. The van der Waals surface area contributed by atoms with Gasteiger partial charge in [-0.2, -0.15) is 0 Å². The first-order valence-electron chi connectivity index (χ1n) is 5.72. The van der Waals surface area contributed by atoms with E-state index in [-0.39, 0.29) is 18.8 Å². The van der Waals surface area contributed by atoms with Gasteiger partial charge in [0.15, 0.2) is 0 Å². The molecule has 18 heavy (non-hydrogen) atoms. The van der Waals surface area contributed by atoms with Crippen molar-refractivity contribution in [1.29, 1.82) is 0 Å². The maximum atomic E-state index is 10.6. The van der Waals surface area contributed by atoms with Gasteiger partial charge in [0.2, 0.25) is 0 Å². The molecule has 7 heteroatoms. The highest BCUT2D eigenvalue weighted by Crippen LogP contribution is 1.94. The van der Waals surface area contributed by atoms with Crippen LogP contribution in [-0.4, -0.2) is 73.7 Å². The molecular formula is C11H22N2O5. The lowest BCUT2D eigenvalue weighted by molar-refractivity contribution is -0.138. The first kappa shape index (κ1) is 16.9. The van der Waals surface area contributed by atoms with Crippen molar-refractivity contribution in [2.24, 2.45) is 5.73 Å². The number of rotatable bonds is 12. The summed E-state index contributed by atoms with van der Waals surface area (Å²) in [6.07, 6.45) is 0. The molecule has 7 nitrogen and oxygen atoms in total. The zero-order chi connectivity index (χ0) is 13.8. The van der Waals surface area contributed by atoms with Gasteiger partial charge in [-0.1, -0.05) is 6.58 Å². The average Bonchev–Trinajstić information content (AvgIpc) is 2.26. The van der Waals surface area contributed by atoms with E-state index in [9.17, 15) is 4.79 Å². The van der Waals surface area contributed by atoms with E-state index in [1.807, 2.05) is 0 Å². The van der Waals surface area contributed by atoms with Crippen LogP contribution in [-0.2, 0) is 14.3 Å². The van der Waals surface area contributed by atoms with E-state index < -0.39 is 5.97 Å². The molecule has 0 aliphatic heterocycles. The van der Waals surface area contributed by atoms with E-state index in [1.54, 1.807) is 0 Å². The quantitative estimate of drug-likeness (QED) is 0.320. The Morgan fingerprint density at radius 3 is 2.22 bits per heavy atom. The SMILES string of the molecule is C=C(O)CN(CCOCCOCCN)CC(=O)O. The number of carboxylic acids is 1. The topological polar surface area (TPSA) is 105 Å². The van der Waals surface area contributed by atoms with Crippen LogP contribution in [0.15, 0.2) is 12.3 Å². The Labute approximate surface area is 107 Å². The standard InChI is InChI=1S/C11H22N2O5/c1-10(14)8-13(9-11(15)16)3-5-18-7-6-17-4-2-12/h14H,1-9,12H2,(H,15,16). The van der Waals surface area contributed by atoms with Gasteiger partial charge in [-0.3, -0.25) is 9.69 Å². The molecular weight excluding hydrogens is 240 g/mol. The van der Waals surface area contributed by atoms with Crippen LogP contribution in [0.4, 0.5) is 0 Å². The van der Waals surface area contributed by atoms with Gasteiger partial charge in [-0.15, -0.1) is 0 Å². The number of aliphatic carboxylic acids is 1. The number of ether oxygens (including phenoxy) is 2. The van der Waals surface area contributed by atoms with E-state index in [0.717, 1.165) is 0 Å². The van der Waals surface area contributed by atoms with Gasteiger partial charge >= 0.3 is 5.97 Å². The minimum atomic E-state index is -0.956. The second-order valence-corrected chi connectivity index (χ2v) is 3.68. The Kier molecular flexibility index (Phi) is 10.3. The number of carbonyl (C=O) groups is 1. The molecule has 0 spiro atoms. The number of nitrogens with two attached hydrogens (primary N) is 1. The number of carboxylic acid groups (broad SMARTS) is 1. The van der Waals surface area contributed by atoms with Crippen LogP contribution in [0.2, 0.25) is 0 Å². The van der Waals surface area contributed by atoms with Crippen LogP contribution >= 0.6 is 0 Å². The molecule has 0 saturated carbocycles. The van der Waals surface area contributed by atoms with Gasteiger partial charge in [-0.25, -0.2) is 0 Å². The summed E-state index contributed by atoms with van der Waals surface area (Å²) in [5.74, 6) is -1.02. The summed E-state index contributed by atoms with van der Waals surface area (Å²) in [7, 11) is 0. The second kappa shape index (κ2) is 11.0. The normalized spacial score (nSPS) is 10.8. The number of hydrogen-bond acceptors (Lipinski definition) is 6. The number of aliphatic hydroxyl groups excluding tert-OH is 1. The van der Waals surface area contributed by atoms with Crippen LogP contribution in [0.5, 0.6) is 0 Å². The highest BCUT2D eigenvalue weighted by molar-refractivity contribution is 5.69. The van der Waals surface area contributed by atoms with Gasteiger partial charge in [0.1, 0.15) is 0 Å². The van der Waals surface area contributed by atoms with Crippen molar-refractivity contribution in [2.75, 3.05) is 52.6 Å². The van der Waals surface area contributed by atoms with E-state index >= 15 is 0 Å². The zero-order valence-corrected chi connectivity index (χ0v) is 10.5. The fourth-order valence-electron chi connectivity index (χ4n) is 1.26. The summed E-state index contributed by atoms with van der Waals surface area (Å²) in [5, 5.41) is 17.7. The van der Waals surface area contributed by atoms with Crippen LogP contribution < -0.4 is 5.73 Å². The molecule has 0 radical (unpaired) electrons. The third kappa shape index (κ3) is 11.3. The summed E-state index contributed by atoms with van der Waals surface area (Å²) in [6, 6.07) is 0. The fourth-order valence-corrected chi connectivity index (χ4v) is 1.26. The summed E-state index contributed by atoms with van der Waals surface area (Å²) in [4.78, 5) is 12.1. The molecule has 0 atom stereocenters. The van der Waals surface area contributed by atoms with E-state index in [2.05, 4.69) is 6.58 Å². The first-order chi connectivity index (χ1) is 8.56. The van der Waals surface area contributed by atoms with Gasteiger partial charge in [0.25, 0.3) is 0 Å². The molecule has 0 aliphatic carbocycles. The van der Waals surface area contributed by atoms with E-state index in [0.29, 0.717) is 39.5 Å². The van der Waals surface area contributed by atoms with Crippen molar-refractivity contribution in [3.8, 4) is 0 Å². The van der Waals surface area contributed by atoms with Crippen molar-refractivity contribution in [2.45, 2.75) is 0 Å². The van der Waals surface area contributed by atoms with Crippen molar-refractivity contribution < 1.29 is 24.5 Å². The van der Waals surface area contributed by atoms with Gasteiger partial charge in [0.05, 0.1) is 45.3 Å². The fraction of sp³-hybridized carbons (Fsp3) is 0.727. The molecule has 0 amide bonds. The molecule has 0 rings (SSSR count). The highest BCUT2D eigenvalue weighted by atomic mass is 16.5. The highest BCUT2D eigenvalue weighted by Gasteiger charge is 2.10. The summed E-state index contributed by atoms with van der Waals surface area (Å²) in [5.41, 5.74) is 5.24. The molecule has 0 heterocycles. The van der Waals surface area contributed by atoms with Crippen molar-refractivity contribution in [1.82, 2.24) is 4.90 Å². The Hall–Kier alpha value is -1.15. The lowest BCUT2D eigenvalue weighted by atomic mass is 10.4. The van der Waals surface area contributed by atoms with Crippen molar-refractivity contribution in [3.05, 3.63) is 12.3 Å².